The van der Waals surface area contributed by atoms with Crippen molar-refractivity contribution >= 4 is 0 Å². The summed E-state index contributed by atoms with van der Waals surface area (Å²) in [5.74, 6) is 0.478. The maximum atomic E-state index is 5.85. The minimum atomic E-state index is 0.158. The van der Waals surface area contributed by atoms with Gasteiger partial charge >= 0.3 is 0 Å². The molecule has 0 aliphatic rings. The van der Waals surface area contributed by atoms with Gasteiger partial charge in [0.05, 0.1) is 12.7 Å². The summed E-state index contributed by atoms with van der Waals surface area (Å²) in [6.07, 6.45) is 0.158. The molecule has 0 fully saturated rings. The fraction of sp³-hybridized carbons (Fsp3) is 0.429. The lowest BCUT2D eigenvalue weighted by atomic mass is 10.0. The fourth-order valence-corrected chi connectivity index (χ4v) is 1.66. The van der Waals surface area contributed by atoms with Crippen LogP contribution >= 0.6 is 0 Å². The second kappa shape index (κ2) is 5.72. The molecule has 0 spiro atoms. The van der Waals surface area contributed by atoms with Crippen molar-refractivity contribution in [1.29, 1.82) is 0 Å². The first-order chi connectivity index (χ1) is 7.11. The van der Waals surface area contributed by atoms with Crippen molar-refractivity contribution in [1.82, 2.24) is 0 Å². The maximum Gasteiger partial charge on any atom is 0.0807 e. The zero-order valence-corrected chi connectivity index (χ0v) is 9.86. The van der Waals surface area contributed by atoms with Gasteiger partial charge in [-0.15, -0.1) is 0 Å². The molecule has 1 atom stereocenters. The van der Waals surface area contributed by atoms with Crippen molar-refractivity contribution in [3.63, 3.8) is 0 Å². The van der Waals surface area contributed by atoms with E-state index in [0.717, 1.165) is 5.57 Å². The Morgan fingerprint density at radius 2 is 1.87 bits per heavy atom. The summed E-state index contributed by atoms with van der Waals surface area (Å²) in [4.78, 5) is 0. The van der Waals surface area contributed by atoms with E-state index in [0.29, 0.717) is 12.5 Å². The third kappa shape index (κ3) is 3.88. The predicted octanol–water partition coefficient (Wildman–Crippen LogP) is 3.80. The van der Waals surface area contributed by atoms with Gasteiger partial charge in [0.2, 0.25) is 0 Å². The third-order valence-electron chi connectivity index (χ3n) is 2.36. The molecule has 82 valence electrons. The Morgan fingerprint density at radius 1 is 1.27 bits per heavy atom. The maximum absolute atomic E-state index is 5.85. The smallest absolute Gasteiger partial charge is 0.0807 e. The minimum Gasteiger partial charge on any atom is -0.369 e. The third-order valence-corrected chi connectivity index (χ3v) is 2.36. The molecule has 1 rings (SSSR count). The summed E-state index contributed by atoms with van der Waals surface area (Å²) in [6.45, 7) is 11.0. The summed E-state index contributed by atoms with van der Waals surface area (Å²) < 4.78 is 5.85. The highest BCUT2D eigenvalue weighted by molar-refractivity contribution is 5.13. The van der Waals surface area contributed by atoms with E-state index in [1.807, 2.05) is 25.1 Å². The van der Waals surface area contributed by atoms with Crippen LogP contribution in [-0.4, -0.2) is 6.10 Å². The molecule has 0 unspecified atom stereocenters. The lowest BCUT2D eigenvalue weighted by molar-refractivity contribution is 0.0355. The van der Waals surface area contributed by atoms with Crippen LogP contribution in [0.1, 0.15) is 26.3 Å². The number of ether oxygens (including phenoxy) is 1. The van der Waals surface area contributed by atoms with Crippen molar-refractivity contribution in [2.24, 2.45) is 5.92 Å². The monoisotopic (exact) mass is 204 g/mol. The van der Waals surface area contributed by atoms with Gasteiger partial charge in [-0.1, -0.05) is 56.3 Å². The van der Waals surface area contributed by atoms with Gasteiger partial charge in [0.15, 0.2) is 0 Å². The first kappa shape index (κ1) is 12.0. The lowest BCUT2D eigenvalue weighted by Crippen LogP contribution is -2.20. The van der Waals surface area contributed by atoms with E-state index < -0.39 is 0 Å². The Labute approximate surface area is 92.8 Å². The van der Waals surface area contributed by atoms with Crippen LogP contribution in [-0.2, 0) is 11.3 Å². The molecule has 0 aromatic heterocycles. The van der Waals surface area contributed by atoms with E-state index >= 15 is 0 Å². The van der Waals surface area contributed by atoms with Gasteiger partial charge in [0, 0.05) is 0 Å². The highest BCUT2D eigenvalue weighted by atomic mass is 16.5. The summed E-state index contributed by atoms with van der Waals surface area (Å²) in [6, 6.07) is 10.2. The van der Waals surface area contributed by atoms with Crippen molar-refractivity contribution in [2.75, 3.05) is 0 Å². The van der Waals surface area contributed by atoms with Gasteiger partial charge in [0.1, 0.15) is 0 Å². The second-order valence-electron chi connectivity index (χ2n) is 4.31. The van der Waals surface area contributed by atoms with E-state index in [4.69, 9.17) is 4.74 Å². The minimum absolute atomic E-state index is 0.158. The molecule has 1 aromatic rings. The lowest BCUT2D eigenvalue weighted by Gasteiger charge is -2.21. The molecular weight excluding hydrogens is 184 g/mol. The molecule has 1 nitrogen and oxygen atoms in total. The summed E-state index contributed by atoms with van der Waals surface area (Å²) in [7, 11) is 0. The van der Waals surface area contributed by atoms with E-state index in [-0.39, 0.29) is 6.10 Å². The van der Waals surface area contributed by atoms with Crippen molar-refractivity contribution in [3.8, 4) is 0 Å². The van der Waals surface area contributed by atoms with Crippen molar-refractivity contribution < 1.29 is 4.74 Å². The highest BCUT2D eigenvalue weighted by Crippen LogP contribution is 2.16. The van der Waals surface area contributed by atoms with Crippen molar-refractivity contribution in [2.45, 2.75) is 33.5 Å². The Bertz CT molecular complexity index is 300. The summed E-state index contributed by atoms with van der Waals surface area (Å²) in [5, 5.41) is 0. The Morgan fingerprint density at radius 3 is 2.33 bits per heavy atom. The van der Waals surface area contributed by atoms with Gasteiger partial charge in [-0.2, -0.15) is 0 Å². The van der Waals surface area contributed by atoms with Crippen LogP contribution in [0, 0.1) is 5.92 Å². The van der Waals surface area contributed by atoms with Crippen LogP contribution in [0.25, 0.3) is 0 Å². The van der Waals surface area contributed by atoms with Gasteiger partial charge in [-0.25, -0.2) is 0 Å². The first-order valence-electron chi connectivity index (χ1n) is 5.42. The molecule has 0 radical (unpaired) electrons. The van der Waals surface area contributed by atoms with Crippen LogP contribution < -0.4 is 0 Å². The molecule has 0 aliphatic heterocycles. The predicted molar refractivity (Wildman–Crippen MR) is 64.7 cm³/mol. The zero-order chi connectivity index (χ0) is 11.3. The largest absolute Gasteiger partial charge is 0.369 e. The quantitative estimate of drug-likeness (QED) is 0.663. The highest BCUT2D eigenvalue weighted by Gasteiger charge is 2.14. The van der Waals surface area contributed by atoms with Gasteiger partial charge in [-0.3, -0.25) is 0 Å². The van der Waals surface area contributed by atoms with E-state index in [9.17, 15) is 0 Å². The average Bonchev–Trinajstić information content (AvgIpc) is 2.18. The average molecular weight is 204 g/mol. The normalized spacial score (nSPS) is 12.8. The van der Waals surface area contributed by atoms with Crippen LogP contribution in [0.2, 0.25) is 0 Å². The second-order valence-corrected chi connectivity index (χ2v) is 4.31. The molecule has 15 heavy (non-hydrogen) atoms. The van der Waals surface area contributed by atoms with Crippen LogP contribution in [0.15, 0.2) is 42.5 Å². The van der Waals surface area contributed by atoms with Gasteiger partial charge in [0.25, 0.3) is 0 Å². The molecule has 1 aromatic carbocycles. The SMILES string of the molecule is C=C(C)[C@H](OCc1ccccc1)C(C)C. The Hall–Kier alpha value is -1.08. The van der Waals surface area contributed by atoms with Crippen LogP contribution in [0.4, 0.5) is 0 Å². The number of hydrogen-bond donors (Lipinski definition) is 0. The zero-order valence-electron chi connectivity index (χ0n) is 9.86. The Balaban J connectivity index is 2.51. The van der Waals surface area contributed by atoms with Crippen molar-refractivity contribution in [3.05, 3.63) is 48.0 Å². The Kier molecular flexibility index (Phi) is 4.57. The van der Waals surface area contributed by atoms with Gasteiger partial charge in [-0.05, 0) is 18.4 Å². The molecule has 0 saturated heterocycles. The number of benzene rings is 1. The molecular formula is C14H20O. The van der Waals surface area contributed by atoms with Gasteiger partial charge < -0.3 is 4.74 Å². The van der Waals surface area contributed by atoms with Crippen LogP contribution in [0.3, 0.4) is 0 Å². The number of rotatable bonds is 5. The summed E-state index contributed by atoms with van der Waals surface area (Å²) in [5.41, 5.74) is 2.31. The van der Waals surface area contributed by atoms with Crippen LogP contribution in [0.5, 0.6) is 0 Å². The van der Waals surface area contributed by atoms with E-state index in [2.05, 4.69) is 32.6 Å². The van der Waals surface area contributed by atoms with E-state index in [1.54, 1.807) is 0 Å². The molecule has 0 saturated carbocycles. The molecule has 1 heteroatoms. The molecule has 0 heterocycles. The molecule has 0 amide bonds. The molecule has 0 aliphatic carbocycles. The first-order valence-corrected chi connectivity index (χ1v) is 5.42. The van der Waals surface area contributed by atoms with E-state index in [1.165, 1.54) is 5.56 Å². The molecule has 0 N–H and O–H groups in total. The fourth-order valence-electron chi connectivity index (χ4n) is 1.66. The topological polar surface area (TPSA) is 9.23 Å². The number of hydrogen-bond acceptors (Lipinski definition) is 1. The standard InChI is InChI=1S/C14H20O/c1-11(2)14(12(3)4)15-10-13-8-6-5-7-9-13/h5-9,12,14H,1,10H2,2-4H3/t14-/m0/s1. The summed E-state index contributed by atoms with van der Waals surface area (Å²) >= 11 is 0. The molecule has 0 bridgehead atoms.